The third kappa shape index (κ3) is 6.92. The van der Waals surface area contributed by atoms with Gasteiger partial charge >= 0.3 is 6.18 Å². The number of ether oxygens (including phenoxy) is 2. The highest BCUT2D eigenvalue weighted by Crippen LogP contribution is 2.28. The summed E-state index contributed by atoms with van der Waals surface area (Å²) >= 11 is 0. The molecule has 2 N–H and O–H groups in total. The van der Waals surface area contributed by atoms with Gasteiger partial charge in [0.1, 0.15) is 0 Å². The van der Waals surface area contributed by atoms with Crippen LogP contribution in [-0.2, 0) is 4.79 Å². The molecule has 1 aromatic carbocycles. The van der Waals surface area contributed by atoms with Crippen LogP contribution in [0, 0.1) is 5.92 Å². The van der Waals surface area contributed by atoms with Crippen molar-refractivity contribution in [2.75, 3.05) is 26.3 Å². The molecular formula is C17H24ClF3N2O3. The van der Waals surface area contributed by atoms with E-state index in [4.69, 9.17) is 15.2 Å². The number of piperidine rings is 1. The molecule has 1 amide bonds. The Morgan fingerprint density at radius 2 is 1.77 bits per heavy atom. The molecule has 148 valence electrons. The predicted octanol–water partition coefficient (Wildman–Crippen LogP) is 3.01. The zero-order valence-electron chi connectivity index (χ0n) is 14.5. The van der Waals surface area contributed by atoms with Gasteiger partial charge in [0.05, 0.1) is 0 Å². The summed E-state index contributed by atoms with van der Waals surface area (Å²) in [5.41, 5.74) is 5.88. The summed E-state index contributed by atoms with van der Waals surface area (Å²) in [5.74, 6) is 0.282. The van der Waals surface area contributed by atoms with Crippen LogP contribution in [0.25, 0.3) is 0 Å². The molecule has 1 unspecified atom stereocenters. The molecule has 1 aliphatic rings. The number of alkyl halides is 3. The number of nitrogens with zero attached hydrogens (tertiary/aromatic N) is 1. The molecule has 1 heterocycles. The summed E-state index contributed by atoms with van der Waals surface area (Å²) in [5, 5.41) is 0. The van der Waals surface area contributed by atoms with Crippen molar-refractivity contribution >= 4 is 18.3 Å². The number of hydrogen-bond donors (Lipinski definition) is 1. The zero-order chi connectivity index (χ0) is 18.4. The fourth-order valence-corrected chi connectivity index (χ4v) is 2.75. The summed E-state index contributed by atoms with van der Waals surface area (Å²) in [7, 11) is 0. The van der Waals surface area contributed by atoms with E-state index in [1.807, 2.05) is 6.92 Å². The lowest BCUT2D eigenvalue weighted by Gasteiger charge is -2.33. The molecular weight excluding hydrogens is 373 g/mol. The largest absolute Gasteiger partial charge is 0.480 e. The van der Waals surface area contributed by atoms with Crippen molar-refractivity contribution in [3.8, 4) is 11.5 Å². The molecule has 26 heavy (non-hydrogen) atoms. The van der Waals surface area contributed by atoms with E-state index in [2.05, 4.69) is 0 Å². The number of para-hydroxylation sites is 2. The van der Waals surface area contributed by atoms with Gasteiger partial charge in [-0.25, -0.2) is 0 Å². The molecule has 9 heteroatoms. The third-order valence-electron chi connectivity index (χ3n) is 4.23. The van der Waals surface area contributed by atoms with Crippen molar-refractivity contribution in [2.24, 2.45) is 11.7 Å². The number of rotatable bonds is 6. The Morgan fingerprint density at radius 3 is 2.27 bits per heavy atom. The van der Waals surface area contributed by atoms with Gasteiger partial charge < -0.3 is 20.1 Å². The van der Waals surface area contributed by atoms with Crippen LogP contribution in [-0.4, -0.2) is 49.3 Å². The van der Waals surface area contributed by atoms with E-state index in [-0.39, 0.29) is 42.5 Å². The van der Waals surface area contributed by atoms with E-state index in [0.29, 0.717) is 19.0 Å². The minimum atomic E-state index is -4.44. The van der Waals surface area contributed by atoms with Gasteiger partial charge in [0.2, 0.25) is 0 Å². The lowest BCUT2D eigenvalue weighted by molar-refractivity contribution is -0.153. The fourth-order valence-electron chi connectivity index (χ4n) is 2.75. The first-order chi connectivity index (χ1) is 11.8. The average molecular weight is 397 g/mol. The van der Waals surface area contributed by atoms with Crippen LogP contribution in [0.1, 0.15) is 19.8 Å². The van der Waals surface area contributed by atoms with Crippen LogP contribution < -0.4 is 15.2 Å². The molecule has 1 fully saturated rings. The SMILES string of the molecule is CC(N)C1CCN(C(=O)COc2ccccc2OCC(F)(F)F)CC1.Cl. The minimum Gasteiger partial charge on any atom is -0.480 e. The van der Waals surface area contributed by atoms with Gasteiger partial charge in [0, 0.05) is 19.1 Å². The number of nitrogens with two attached hydrogens (primary N) is 1. The monoisotopic (exact) mass is 396 g/mol. The van der Waals surface area contributed by atoms with Crippen molar-refractivity contribution in [2.45, 2.75) is 32.0 Å². The molecule has 0 aromatic heterocycles. The van der Waals surface area contributed by atoms with Crippen LogP contribution in [0.5, 0.6) is 11.5 Å². The molecule has 0 bridgehead atoms. The van der Waals surface area contributed by atoms with Gasteiger partial charge in [-0.15, -0.1) is 12.4 Å². The van der Waals surface area contributed by atoms with Crippen molar-refractivity contribution in [1.82, 2.24) is 4.90 Å². The second-order valence-electron chi connectivity index (χ2n) is 6.22. The van der Waals surface area contributed by atoms with E-state index < -0.39 is 12.8 Å². The molecule has 2 rings (SSSR count). The first-order valence-electron chi connectivity index (χ1n) is 8.21. The molecule has 1 aromatic rings. The Kier molecular flexibility index (Phi) is 8.49. The zero-order valence-corrected chi connectivity index (χ0v) is 15.3. The van der Waals surface area contributed by atoms with Crippen molar-refractivity contribution in [1.29, 1.82) is 0 Å². The van der Waals surface area contributed by atoms with Gasteiger partial charge in [0.25, 0.3) is 5.91 Å². The van der Waals surface area contributed by atoms with Gasteiger partial charge in [-0.3, -0.25) is 4.79 Å². The van der Waals surface area contributed by atoms with E-state index in [0.717, 1.165) is 12.8 Å². The topological polar surface area (TPSA) is 64.8 Å². The number of carbonyl (C=O) groups excluding carboxylic acids is 1. The van der Waals surface area contributed by atoms with Gasteiger partial charge in [0.15, 0.2) is 24.7 Å². The van der Waals surface area contributed by atoms with Crippen LogP contribution in [0.3, 0.4) is 0 Å². The van der Waals surface area contributed by atoms with E-state index >= 15 is 0 Å². The van der Waals surface area contributed by atoms with Crippen LogP contribution >= 0.6 is 12.4 Å². The Hall–Kier alpha value is -1.67. The molecule has 5 nitrogen and oxygen atoms in total. The quantitative estimate of drug-likeness (QED) is 0.802. The van der Waals surface area contributed by atoms with E-state index in [1.165, 1.54) is 12.1 Å². The van der Waals surface area contributed by atoms with Crippen molar-refractivity contribution in [3.05, 3.63) is 24.3 Å². The lowest BCUT2D eigenvalue weighted by atomic mass is 9.91. The molecule has 0 radical (unpaired) electrons. The molecule has 1 saturated heterocycles. The van der Waals surface area contributed by atoms with E-state index in [1.54, 1.807) is 17.0 Å². The van der Waals surface area contributed by atoms with Gasteiger partial charge in [-0.2, -0.15) is 13.2 Å². The molecule has 1 aliphatic heterocycles. The summed E-state index contributed by atoms with van der Waals surface area (Å²) in [4.78, 5) is 13.9. The van der Waals surface area contributed by atoms with E-state index in [9.17, 15) is 18.0 Å². The number of amides is 1. The maximum absolute atomic E-state index is 12.3. The number of halogens is 4. The van der Waals surface area contributed by atoms with Crippen LogP contribution in [0.2, 0.25) is 0 Å². The number of carbonyl (C=O) groups is 1. The highest BCUT2D eigenvalue weighted by molar-refractivity contribution is 5.85. The summed E-state index contributed by atoms with van der Waals surface area (Å²) in [6, 6.07) is 6.10. The fraction of sp³-hybridized carbons (Fsp3) is 0.588. The summed E-state index contributed by atoms with van der Waals surface area (Å²) < 4.78 is 47.0. The predicted molar refractivity (Wildman–Crippen MR) is 93.7 cm³/mol. The minimum absolute atomic E-state index is 0. The Balaban J connectivity index is 0.00000338. The smallest absolute Gasteiger partial charge is 0.422 e. The molecule has 0 aliphatic carbocycles. The van der Waals surface area contributed by atoms with Gasteiger partial charge in [-0.05, 0) is 37.8 Å². The van der Waals surface area contributed by atoms with Crippen molar-refractivity contribution in [3.63, 3.8) is 0 Å². The standard InChI is InChI=1S/C17H23F3N2O3.ClH/c1-12(21)13-6-8-22(9-7-13)16(23)10-24-14-4-2-3-5-15(14)25-11-17(18,19)20;/h2-5,12-13H,6-11,21H2,1H3;1H. The first kappa shape index (κ1) is 22.4. The van der Waals surface area contributed by atoms with Crippen LogP contribution in [0.15, 0.2) is 24.3 Å². The second kappa shape index (κ2) is 9.87. The Bertz CT molecular complexity index is 577. The van der Waals surface area contributed by atoms with Crippen LogP contribution in [0.4, 0.5) is 13.2 Å². The van der Waals surface area contributed by atoms with Gasteiger partial charge in [-0.1, -0.05) is 12.1 Å². The average Bonchev–Trinajstić information content (AvgIpc) is 2.58. The maximum atomic E-state index is 12.3. The number of hydrogen-bond acceptors (Lipinski definition) is 4. The highest BCUT2D eigenvalue weighted by atomic mass is 35.5. The Morgan fingerprint density at radius 1 is 1.23 bits per heavy atom. The summed E-state index contributed by atoms with van der Waals surface area (Å²) in [6.07, 6.45) is -2.75. The molecule has 0 saturated carbocycles. The highest BCUT2D eigenvalue weighted by Gasteiger charge is 2.29. The third-order valence-corrected chi connectivity index (χ3v) is 4.23. The van der Waals surface area contributed by atoms with Crippen molar-refractivity contribution < 1.29 is 27.4 Å². The molecule has 1 atom stereocenters. The molecule has 0 spiro atoms. The first-order valence-corrected chi connectivity index (χ1v) is 8.21. The number of likely N-dealkylation sites (tertiary alicyclic amines) is 1. The Labute approximate surface area is 157 Å². The maximum Gasteiger partial charge on any atom is 0.422 e. The number of benzene rings is 1. The normalized spacial score (nSPS) is 16.6. The lowest BCUT2D eigenvalue weighted by Crippen LogP contribution is -2.44. The summed E-state index contributed by atoms with van der Waals surface area (Å²) in [6.45, 7) is 1.53. The second-order valence-corrected chi connectivity index (χ2v) is 6.22.